The van der Waals surface area contributed by atoms with Gasteiger partial charge in [-0.05, 0) is 79.1 Å². The number of fused-ring (bicyclic) bond motifs is 1. The number of aromatic nitrogens is 1. The number of hydrogen-bond acceptors (Lipinski definition) is 6. The zero-order valence-corrected chi connectivity index (χ0v) is 23.8. The third-order valence-corrected chi connectivity index (χ3v) is 9.04. The molecule has 1 saturated heterocycles. The molecule has 0 amide bonds. The van der Waals surface area contributed by atoms with Crippen LogP contribution < -0.4 is 4.74 Å². The number of carboxylic acid groups (broad SMARTS) is 1. The lowest BCUT2D eigenvalue weighted by molar-refractivity contribution is 0.0701. The highest BCUT2D eigenvalue weighted by Crippen LogP contribution is 2.35. The van der Waals surface area contributed by atoms with Crippen LogP contribution in [0.1, 0.15) is 43.9 Å². The number of rotatable bonds is 8. The lowest BCUT2D eigenvalue weighted by Gasteiger charge is -2.30. The van der Waals surface area contributed by atoms with Gasteiger partial charge in [0, 0.05) is 42.7 Å². The Morgan fingerprint density at radius 3 is 2.73 bits per heavy atom. The van der Waals surface area contributed by atoms with Crippen LogP contribution in [-0.4, -0.2) is 47.3 Å². The van der Waals surface area contributed by atoms with Gasteiger partial charge in [0.1, 0.15) is 17.2 Å². The summed E-state index contributed by atoms with van der Waals surface area (Å²) in [4.78, 5) is 19.4. The molecule has 0 aliphatic carbocycles. The van der Waals surface area contributed by atoms with Gasteiger partial charge in [-0.1, -0.05) is 35.9 Å². The molecular weight excluding hydrogens is 520 g/mol. The first-order chi connectivity index (χ1) is 19.4. The number of ether oxygens (including phenoxy) is 2. The summed E-state index contributed by atoms with van der Waals surface area (Å²) in [6, 6.07) is 18.8. The molecule has 1 N–H and O–H groups in total. The molecule has 40 heavy (non-hydrogen) atoms. The van der Waals surface area contributed by atoms with E-state index in [4.69, 9.17) is 14.5 Å². The highest BCUT2D eigenvalue weighted by Gasteiger charge is 2.23. The van der Waals surface area contributed by atoms with E-state index in [0.717, 1.165) is 78.7 Å². The summed E-state index contributed by atoms with van der Waals surface area (Å²) in [5, 5.41) is 11.3. The van der Waals surface area contributed by atoms with Crippen LogP contribution in [0.3, 0.4) is 0 Å². The first-order valence-corrected chi connectivity index (χ1v) is 14.8. The zero-order valence-electron chi connectivity index (χ0n) is 23.0. The number of nitrogens with zero attached hydrogens (tertiary/aromatic N) is 2. The van der Waals surface area contributed by atoms with Crippen molar-refractivity contribution in [1.29, 1.82) is 0 Å². The van der Waals surface area contributed by atoms with Gasteiger partial charge in [0.25, 0.3) is 0 Å². The van der Waals surface area contributed by atoms with E-state index in [1.807, 2.05) is 36.6 Å². The maximum atomic E-state index is 11.6. The Bertz CT molecular complexity index is 1540. The minimum absolute atomic E-state index is 0.350. The molecule has 206 valence electrons. The molecule has 6 nitrogen and oxygen atoms in total. The molecule has 0 saturated carbocycles. The Balaban J connectivity index is 1.19. The molecule has 1 atom stereocenters. The minimum atomic E-state index is -0.905. The van der Waals surface area contributed by atoms with Crippen LogP contribution in [-0.2, 0) is 24.3 Å². The van der Waals surface area contributed by atoms with E-state index < -0.39 is 5.97 Å². The first-order valence-electron chi connectivity index (χ1n) is 13.9. The second-order valence-electron chi connectivity index (χ2n) is 10.9. The van der Waals surface area contributed by atoms with E-state index in [-0.39, 0.29) is 0 Å². The van der Waals surface area contributed by atoms with E-state index in [1.54, 1.807) is 0 Å². The van der Waals surface area contributed by atoms with Gasteiger partial charge >= 0.3 is 5.97 Å². The number of carbonyl (C=O) groups is 1. The van der Waals surface area contributed by atoms with E-state index in [2.05, 4.69) is 42.2 Å². The molecule has 2 aromatic heterocycles. The standard InChI is InChI=1S/C33H34N2O4S/c1-21-6-9-31(27(14-21)29-4-3-5-30(34-29)28-20-40-32(22(28)2)33(36)37)39-19-23-7-8-26-17-35(12-10-25(26)15-23)16-24-11-13-38-18-24/h3-9,14-15,20,24H,10-13,16-19H2,1-2H3,(H,36,37). The zero-order chi connectivity index (χ0) is 27.6. The minimum Gasteiger partial charge on any atom is -0.488 e. The van der Waals surface area contributed by atoms with Crippen molar-refractivity contribution in [1.82, 2.24) is 9.88 Å². The largest absolute Gasteiger partial charge is 0.488 e. The second kappa shape index (κ2) is 11.5. The molecule has 7 heteroatoms. The Kier molecular flexibility index (Phi) is 7.69. The topological polar surface area (TPSA) is 71.9 Å². The third kappa shape index (κ3) is 5.68. The summed E-state index contributed by atoms with van der Waals surface area (Å²) in [6.45, 7) is 9.42. The summed E-state index contributed by atoms with van der Waals surface area (Å²) in [5.41, 5.74) is 9.21. The summed E-state index contributed by atoms with van der Waals surface area (Å²) in [6.07, 6.45) is 2.24. The average molecular weight is 555 g/mol. The predicted octanol–water partition coefficient (Wildman–Crippen LogP) is 6.77. The van der Waals surface area contributed by atoms with Crippen molar-refractivity contribution in [3.8, 4) is 28.3 Å². The first kappa shape index (κ1) is 26.7. The molecule has 2 aromatic carbocycles. The Labute approximate surface area is 239 Å². The van der Waals surface area contributed by atoms with Crippen LogP contribution in [0.15, 0.2) is 60.0 Å². The highest BCUT2D eigenvalue weighted by molar-refractivity contribution is 7.12. The summed E-state index contributed by atoms with van der Waals surface area (Å²) < 4.78 is 12.0. The van der Waals surface area contributed by atoms with Gasteiger partial charge in [-0.3, -0.25) is 4.90 Å². The number of carboxylic acids is 1. The van der Waals surface area contributed by atoms with Crippen molar-refractivity contribution in [3.63, 3.8) is 0 Å². The van der Waals surface area contributed by atoms with Gasteiger partial charge in [-0.2, -0.15) is 0 Å². The van der Waals surface area contributed by atoms with E-state index >= 15 is 0 Å². The fourth-order valence-corrected chi connectivity index (χ4v) is 6.67. The van der Waals surface area contributed by atoms with Crippen molar-refractivity contribution in [2.24, 2.45) is 5.92 Å². The smallest absolute Gasteiger partial charge is 0.346 e. The molecule has 0 bridgehead atoms. The van der Waals surface area contributed by atoms with Gasteiger partial charge in [0.15, 0.2) is 0 Å². The molecule has 1 fully saturated rings. The third-order valence-electron chi connectivity index (χ3n) is 7.97. The molecule has 6 rings (SSSR count). The van der Waals surface area contributed by atoms with Crippen molar-refractivity contribution in [3.05, 3.63) is 92.7 Å². The van der Waals surface area contributed by atoms with Gasteiger partial charge in [-0.15, -0.1) is 11.3 Å². The fraction of sp³-hybridized carbons (Fsp3) is 0.333. The molecular formula is C33H34N2O4S. The van der Waals surface area contributed by atoms with Crippen LogP contribution in [0.5, 0.6) is 5.75 Å². The number of benzene rings is 2. The van der Waals surface area contributed by atoms with Gasteiger partial charge in [0.05, 0.1) is 18.0 Å². The number of aromatic carboxylic acids is 1. The summed E-state index contributed by atoms with van der Waals surface area (Å²) in [5.74, 6) is 0.550. The summed E-state index contributed by atoms with van der Waals surface area (Å²) >= 11 is 1.24. The Morgan fingerprint density at radius 2 is 1.95 bits per heavy atom. The molecule has 2 aliphatic rings. The lowest BCUT2D eigenvalue weighted by atomic mass is 9.96. The molecule has 0 radical (unpaired) electrons. The van der Waals surface area contributed by atoms with Crippen molar-refractivity contribution < 1.29 is 19.4 Å². The molecule has 1 unspecified atom stereocenters. The van der Waals surface area contributed by atoms with Gasteiger partial charge in [-0.25, -0.2) is 9.78 Å². The van der Waals surface area contributed by atoms with Crippen LogP contribution in [0.2, 0.25) is 0 Å². The maximum absolute atomic E-state index is 11.6. The van der Waals surface area contributed by atoms with E-state index in [1.165, 1.54) is 34.4 Å². The fourth-order valence-electron chi connectivity index (χ4n) is 5.75. The maximum Gasteiger partial charge on any atom is 0.346 e. The predicted molar refractivity (Wildman–Crippen MR) is 158 cm³/mol. The van der Waals surface area contributed by atoms with Crippen molar-refractivity contribution in [2.75, 3.05) is 26.3 Å². The second-order valence-corrected chi connectivity index (χ2v) is 11.8. The van der Waals surface area contributed by atoms with Gasteiger partial charge in [0.2, 0.25) is 0 Å². The molecule has 2 aliphatic heterocycles. The van der Waals surface area contributed by atoms with Crippen molar-refractivity contribution in [2.45, 2.75) is 39.8 Å². The number of pyridine rings is 1. The highest BCUT2D eigenvalue weighted by atomic mass is 32.1. The molecule has 4 aromatic rings. The number of hydrogen-bond donors (Lipinski definition) is 1. The average Bonchev–Trinajstić information content (AvgIpc) is 3.62. The van der Waals surface area contributed by atoms with E-state index in [0.29, 0.717) is 17.4 Å². The summed E-state index contributed by atoms with van der Waals surface area (Å²) in [7, 11) is 0. The van der Waals surface area contributed by atoms with Crippen LogP contribution in [0, 0.1) is 19.8 Å². The van der Waals surface area contributed by atoms with E-state index in [9.17, 15) is 9.90 Å². The normalized spacial score (nSPS) is 17.1. The quantitative estimate of drug-likeness (QED) is 0.259. The SMILES string of the molecule is Cc1ccc(OCc2ccc3c(c2)CCN(CC2CCOC2)C3)c(-c2cccc(-c3csc(C(=O)O)c3C)n2)c1. The number of aryl methyl sites for hydroxylation is 1. The lowest BCUT2D eigenvalue weighted by Crippen LogP contribution is -2.34. The monoisotopic (exact) mass is 554 g/mol. The Hall–Kier alpha value is -3.52. The number of thiophene rings is 1. The Morgan fingerprint density at radius 1 is 1.10 bits per heavy atom. The molecule has 0 spiro atoms. The van der Waals surface area contributed by atoms with Crippen LogP contribution in [0.25, 0.3) is 22.5 Å². The molecule has 4 heterocycles. The van der Waals surface area contributed by atoms with Crippen LogP contribution >= 0.6 is 11.3 Å². The van der Waals surface area contributed by atoms with Gasteiger partial charge < -0.3 is 14.6 Å². The van der Waals surface area contributed by atoms with Crippen molar-refractivity contribution >= 4 is 17.3 Å². The van der Waals surface area contributed by atoms with Crippen LogP contribution in [0.4, 0.5) is 0 Å².